The zero-order valence-electron chi connectivity index (χ0n) is 15.1. The highest BCUT2D eigenvalue weighted by atomic mass is 127. The molecule has 0 spiro atoms. The summed E-state index contributed by atoms with van der Waals surface area (Å²) in [6.07, 6.45) is 0.998. The molecule has 0 atom stereocenters. The van der Waals surface area contributed by atoms with E-state index in [-0.39, 0.29) is 36.4 Å². The summed E-state index contributed by atoms with van der Waals surface area (Å²) in [6, 6.07) is 12.7. The minimum atomic E-state index is 0. The fourth-order valence-electron chi connectivity index (χ4n) is 2.81. The van der Waals surface area contributed by atoms with Gasteiger partial charge >= 0.3 is 0 Å². The number of hydrogen-bond acceptors (Lipinski definition) is 3. The molecule has 140 valence electrons. The molecule has 5 nitrogen and oxygen atoms in total. The maximum atomic E-state index is 11.9. The Balaban J connectivity index is 0.00000243. The fraction of sp³-hybridized carbons (Fsp3) is 0.368. The van der Waals surface area contributed by atoms with E-state index in [2.05, 4.69) is 50.9 Å². The molecule has 1 amide bonds. The Kier molecular flexibility index (Phi) is 7.89. The van der Waals surface area contributed by atoms with Crippen molar-refractivity contribution in [3.63, 3.8) is 0 Å². The lowest BCUT2D eigenvalue weighted by atomic mass is 10.0. The molecular weight excluding hydrogens is 459 g/mol. The van der Waals surface area contributed by atoms with E-state index >= 15 is 0 Å². The maximum absolute atomic E-state index is 11.9. The molecule has 2 aromatic rings. The molecule has 1 aromatic heterocycles. The molecule has 1 aliphatic heterocycles. The van der Waals surface area contributed by atoms with Crippen LogP contribution in [0.1, 0.15) is 16.0 Å². The van der Waals surface area contributed by atoms with Crippen molar-refractivity contribution in [2.45, 2.75) is 19.5 Å². The highest BCUT2D eigenvalue weighted by molar-refractivity contribution is 14.0. The largest absolute Gasteiger partial charge is 0.351 e. The molecule has 0 saturated heterocycles. The summed E-state index contributed by atoms with van der Waals surface area (Å²) >= 11 is 1.72. The van der Waals surface area contributed by atoms with Crippen LogP contribution in [0.5, 0.6) is 0 Å². The van der Waals surface area contributed by atoms with Gasteiger partial charge in [0, 0.05) is 32.1 Å². The number of fused-ring (bicyclic) bond motifs is 1. The fourth-order valence-corrected chi connectivity index (χ4v) is 3.45. The topological polar surface area (TPSA) is 47.9 Å². The number of rotatable bonds is 4. The summed E-state index contributed by atoms with van der Waals surface area (Å²) in [7, 11) is 3.52. The first-order chi connectivity index (χ1) is 12.1. The number of nitrogens with one attached hydrogen (secondary N) is 1. The normalized spacial score (nSPS) is 13.6. The van der Waals surface area contributed by atoms with Crippen molar-refractivity contribution < 1.29 is 4.79 Å². The summed E-state index contributed by atoms with van der Waals surface area (Å²) in [4.78, 5) is 21.6. The summed E-state index contributed by atoms with van der Waals surface area (Å²) in [5, 5.41) is 5.50. The molecule has 0 unspecified atom stereocenters. The highest BCUT2D eigenvalue weighted by Crippen LogP contribution is 2.18. The summed E-state index contributed by atoms with van der Waals surface area (Å²) < 4.78 is 0. The van der Waals surface area contributed by atoms with Gasteiger partial charge in [0.05, 0.1) is 6.54 Å². The van der Waals surface area contributed by atoms with Gasteiger partial charge in [-0.1, -0.05) is 30.3 Å². The van der Waals surface area contributed by atoms with Crippen molar-refractivity contribution in [2.24, 2.45) is 4.99 Å². The third kappa shape index (κ3) is 5.44. The molecule has 0 fully saturated rings. The van der Waals surface area contributed by atoms with Gasteiger partial charge < -0.3 is 15.1 Å². The standard InChI is InChI=1S/C19H24N4OS.HI/c1-22(2)18(24)13-21-19(20-12-17-8-5-11-25-17)23-10-9-15-6-3-4-7-16(15)14-23;/h3-8,11H,9-10,12-14H2,1-2H3,(H,20,21);1H. The third-order valence-corrected chi connectivity index (χ3v) is 5.17. The molecule has 7 heteroatoms. The van der Waals surface area contributed by atoms with Crippen molar-refractivity contribution >= 4 is 47.2 Å². The smallest absolute Gasteiger partial charge is 0.243 e. The van der Waals surface area contributed by atoms with Crippen LogP contribution < -0.4 is 5.32 Å². The van der Waals surface area contributed by atoms with Crippen LogP contribution in [0.2, 0.25) is 0 Å². The number of hydrogen-bond donors (Lipinski definition) is 1. The number of carbonyl (C=O) groups is 1. The molecule has 1 aromatic carbocycles. The Labute approximate surface area is 176 Å². The van der Waals surface area contributed by atoms with Gasteiger partial charge in [0.15, 0.2) is 5.96 Å². The lowest BCUT2D eigenvalue weighted by Gasteiger charge is -2.31. The Bertz CT molecular complexity index is 746. The lowest BCUT2D eigenvalue weighted by molar-refractivity contribution is -0.127. The number of halogens is 1. The van der Waals surface area contributed by atoms with E-state index < -0.39 is 0 Å². The first-order valence-corrected chi connectivity index (χ1v) is 9.34. The number of amides is 1. The van der Waals surface area contributed by atoms with E-state index in [1.54, 1.807) is 30.3 Å². The van der Waals surface area contributed by atoms with Gasteiger partial charge in [0.25, 0.3) is 0 Å². The molecular formula is C19H25IN4OS. The monoisotopic (exact) mass is 484 g/mol. The number of likely N-dealkylation sites (N-methyl/N-ethyl adjacent to an activating group) is 1. The van der Waals surface area contributed by atoms with Crippen LogP contribution in [0.4, 0.5) is 0 Å². The zero-order chi connectivity index (χ0) is 17.6. The summed E-state index contributed by atoms with van der Waals surface area (Å²) in [5.74, 6) is 0.811. The second-order valence-corrected chi connectivity index (χ2v) is 7.33. The van der Waals surface area contributed by atoms with Gasteiger partial charge in [-0.25, -0.2) is 4.99 Å². The SMILES string of the molecule is CN(C)C(=O)CN=C(NCc1cccs1)N1CCc2ccccc2C1.I. The van der Waals surface area contributed by atoms with Crippen molar-refractivity contribution in [1.82, 2.24) is 15.1 Å². The zero-order valence-corrected chi connectivity index (χ0v) is 18.3. The average molecular weight is 484 g/mol. The molecule has 0 aliphatic carbocycles. The van der Waals surface area contributed by atoms with Gasteiger partial charge in [-0.15, -0.1) is 35.3 Å². The van der Waals surface area contributed by atoms with Crippen LogP contribution >= 0.6 is 35.3 Å². The Morgan fingerprint density at radius 2 is 2.00 bits per heavy atom. The van der Waals surface area contributed by atoms with Crippen molar-refractivity contribution in [3.8, 4) is 0 Å². The Morgan fingerprint density at radius 3 is 2.69 bits per heavy atom. The van der Waals surface area contributed by atoms with Crippen LogP contribution in [0.3, 0.4) is 0 Å². The molecule has 0 saturated carbocycles. The second kappa shape index (κ2) is 9.91. The van der Waals surface area contributed by atoms with Crippen LogP contribution in [0.15, 0.2) is 46.8 Å². The van der Waals surface area contributed by atoms with Gasteiger partial charge in [-0.3, -0.25) is 4.79 Å². The third-order valence-electron chi connectivity index (χ3n) is 4.29. The van der Waals surface area contributed by atoms with E-state index in [0.29, 0.717) is 0 Å². The van der Waals surface area contributed by atoms with E-state index in [0.717, 1.165) is 32.0 Å². The number of thiophene rings is 1. The summed E-state index contributed by atoms with van der Waals surface area (Å²) in [5.41, 5.74) is 2.74. The average Bonchev–Trinajstić information content (AvgIpc) is 3.14. The molecule has 1 aliphatic rings. The first-order valence-electron chi connectivity index (χ1n) is 8.46. The van der Waals surface area contributed by atoms with Crippen LogP contribution in [0.25, 0.3) is 0 Å². The molecule has 0 radical (unpaired) electrons. The Hall–Kier alpha value is -1.61. The highest BCUT2D eigenvalue weighted by Gasteiger charge is 2.19. The van der Waals surface area contributed by atoms with E-state index in [1.165, 1.54) is 16.0 Å². The van der Waals surface area contributed by atoms with Crippen LogP contribution in [0, 0.1) is 0 Å². The summed E-state index contributed by atoms with van der Waals surface area (Å²) in [6.45, 7) is 2.62. The van der Waals surface area contributed by atoms with E-state index in [4.69, 9.17) is 0 Å². The van der Waals surface area contributed by atoms with Crippen molar-refractivity contribution in [2.75, 3.05) is 27.2 Å². The van der Waals surface area contributed by atoms with E-state index in [1.807, 2.05) is 6.07 Å². The number of aliphatic imine (C=N–C) groups is 1. The second-order valence-electron chi connectivity index (χ2n) is 6.30. The number of nitrogens with zero attached hydrogens (tertiary/aromatic N) is 3. The molecule has 3 rings (SSSR count). The number of guanidine groups is 1. The minimum Gasteiger partial charge on any atom is -0.351 e. The van der Waals surface area contributed by atoms with Gasteiger partial charge in [-0.2, -0.15) is 0 Å². The molecule has 26 heavy (non-hydrogen) atoms. The number of benzene rings is 1. The van der Waals surface area contributed by atoms with Gasteiger partial charge in [0.2, 0.25) is 5.91 Å². The van der Waals surface area contributed by atoms with Crippen molar-refractivity contribution in [3.05, 3.63) is 57.8 Å². The van der Waals surface area contributed by atoms with E-state index in [9.17, 15) is 4.79 Å². The van der Waals surface area contributed by atoms with Gasteiger partial charge in [-0.05, 0) is 29.0 Å². The Morgan fingerprint density at radius 1 is 1.23 bits per heavy atom. The predicted octanol–water partition coefficient (Wildman–Crippen LogP) is 2.96. The molecule has 0 bridgehead atoms. The molecule has 1 N–H and O–H groups in total. The number of carbonyl (C=O) groups excluding carboxylic acids is 1. The van der Waals surface area contributed by atoms with Crippen molar-refractivity contribution in [1.29, 1.82) is 0 Å². The predicted molar refractivity (Wildman–Crippen MR) is 118 cm³/mol. The maximum Gasteiger partial charge on any atom is 0.243 e. The van der Waals surface area contributed by atoms with Crippen LogP contribution in [-0.2, 0) is 24.3 Å². The van der Waals surface area contributed by atoms with Crippen LogP contribution in [-0.4, -0.2) is 48.9 Å². The lowest BCUT2D eigenvalue weighted by Crippen LogP contribution is -2.44. The first kappa shape index (κ1) is 20.7. The quantitative estimate of drug-likeness (QED) is 0.413. The van der Waals surface area contributed by atoms with Gasteiger partial charge in [0.1, 0.15) is 6.54 Å². The minimum absolute atomic E-state index is 0. The molecule has 2 heterocycles.